The first-order chi connectivity index (χ1) is 7.69. The Bertz CT molecular complexity index is 324. The zero-order valence-electron chi connectivity index (χ0n) is 9.85. The second-order valence-electron chi connectivity index (χ2n) is 3.89. The van der Waals surface area contributed by atoms with Gasteiger partial charge in [0.15, 0.2) is 0 Å². The third-order valence-corrected chi connectivity index (χ3v) is 2.79. The number of benzene rings is 1. The number of carbonyl (C=O) groups excluding carboxylic acids is 1. The van der Waals surface area contributed by atoms with Crippen molar-refractivity contribution >= 4 is 5.97 Å². The Kier molecular flexibility index (Phi) is 4.99. The number of nitrogens with two attached hydrogens (primary N) is 1. The second kappa shape index (κ2) is 6.28. The molecule has 0 aliphatic carbocycles. The van der Waals surface area contributed by atoms with Crippen molar-refractivity contribution in [2.45, 2.75) is 25.8 Å². The van der Waals surface area contributed by atoms with E-state index in [1.165, 1.54) is 7.11 Å². The summed E-state index contributed by atoms with van der Waals surface area (Å²) in [4.78, 5) is 11.6. The van der Waals surface area contributed by atoms with Crippen molar-refractivity contribution in [3.05, 3.63) is 35.9 Å². The van der Waals surface area contributed by atoms with Crippen molar-refractivity contribution < 1.29 is 9.53 Å². The largest absolute Gasteiger partial charge is 0.469 e. The summed E-state index contributed by atoms with van der Waals surface area (Å²) in [5, 5.41) is 0. The quantitative estimate of drug-likeness (QED) is 0.771. The molecule has 0 heterocycles. The maximum absolute atomic E-state index is 11.6. The SMILES string of the molecule is CC[C@@H](N)[C@H](Cc1ccccc1)C(=O)OC. The van der Waals surface area contributed by atoms with Gasteiger partial charge in [-0.1, -0.05) is 37.3 Å². The summed E-state index contributed by atoms with van der Waals surface area (Å²) in [7, 11) is 1.41. The van der Waals surface area contributed by atoms with Gasteiger partial charge >= 0.3 is 5.97 Å². The van der Waals surface area contributed by atoms with Crippen LogP contribution in [0.3, 0.4) is 0 Å². The Morgan fingerprint density at radius 3 is 2.50 bits per heavy atom. The molecule has 0 amide bonds. The van der Waals surface area contributed by atoms with E-state index < -0.39 is 0 Å². The lowest BCUT2D eigenvalue weighted by Crippen LogP contribution is -2.37. The lowest BCUT2D eigenvalue weighted by atomic mass is 9.91. The van der Waals surface area contributed by atoms with Gasteiger partial charge in [-0.3, -0.25) is 4.79 Å². The van der Waals surface area contributed by atoms with Crippen molar-refractivity contribution in [1.29, 1.82) is 0 Å². The molecule has 1 aromatic carbocycles. The van der Waals surface area contributed by atoms with Gasteiger partial charge in [0.2, 0.25) is 0 Å². The van der Waals surface area contributed by atoms with Crippen LogP contribution in [0.4, 0.5) is 0 Å². The molecular formula is C13H19NO2. The number of ether oxygens (including phenoxy) is 1. The minimum absolute atomic E-state index is 0.146. The number of carbonyl (C=O) groups is 1. The Morgan fingerprint density at radius 2 is 2.00 bits per heavy atom. The molecule has 16 heavy (non-hydrogen) atoms. The van der Waals surface area contributed by atoms with Crippen LogP contribution in [0.2, 0.25) is 0 Å². The number of hydrogen-bond donors (Lipinski definition) is 1. The van der Waals surface area contributed by atoms with E-state index in [1.807, 2.05) is 37.3 Å². The minimum atomic E-state index is -0.252. The van der Waals surface area contributed by atoms with E-state index in [2.05, 4.69) is 0 Å². The van der Waals surface area contributed by atoms with Gasteiger partial charge in [0.25, 0.3) is 0 Å². The highest BCUT2D eigenvalue weighted by Gasteiger charge is 2.25. The molecular weight excluding hydrogens is 202 g/mol. The van der Waals surface area contributed by atoms with E-state index in [0.717, 1.165) is 12.0 Å². The standard InChI is InChI=1S/C13H19NO2/c1-3-12(14)11(13(15)16-2)9-10-7-5-4-6-8-10/h4-8,11-12H,3,9,14H2,1-2H3/t11-,12+/m0/s1. The summed E-state index contributed by atoms with van der Waals surface area (Å²) in [5.41, 5.74) is 7.05. The zero-order chi connectivity index (χ0) is 12.0. The molecule has 0 bridgehead atoms. The first-order valence-corrected chi connectivity index (χ1v) is 5.56. The van der Waals surface area contributed by atoms with Gasteiger partial charge in [0, 0.05) is 6.04 Å². The third-order valence-electron chi connectivity index (χ3n) is 2.79. The molecule has 0 spiro atoms. The van der Waals surface area contributed by atoms with Gasteiger partial charge in [-0.15, -0.1) is 0 Å². The number of rotatable bonds is 5. The first kappa shape index (κ1) is 12.7. The maximum Gasteiger partial charge on any atom is 0.310 e. The van der Waals surface area contributed by atoms with E-state index in [0.29, 0.717) is 6.42 Å². The summed E-state index contributed by atoms with van der Waals surface area (Å²) >= 11 is 0. The Hall–Kier alpha value is -1.35. The maximum atomic E-state index is 11.6. The fourth-order valence-electron chi connectivity index (χ4n) is 1.71. The van der Waals surface area contributed by atoms with Gasteiger partial charge < -0.3 is 10.5 Å². The number of esters is 1. The van der Waals surface area contributed by atoms with Crippen LogP contribution in [0.1, 0.15) is 18.9 Å². The first-order valence-electron chi connectivity index (χ1n) is 5.56. The van der Waals surface area contributed by atoms with Gasteiger partial charge in [-0.05, 0) is 18.4 Å². The molecule has 0 unspecified atom stereocenters. The molecule has 0 fully saturated rings. The van der Waals surface area contributed by atoms with Gasteiger partial charge in [-0.25, -0.2) is 0 Å². The van der Waals surface area contributed by atoms with Crippen molar-refractivity contribution in [1.82, 2.24) is 0 Å². The highest BCUT2D eigenvalue weighted by atomic mass is 16.5. The molecule has 3 heteroatoms. The number of methoxy groups -OCH3 is 1. The molecule has 1 aromatic rings. The fourth-order valence-corrected chi connectivity index (χ4v) is 1.71. The average molecular weight is 221 g/mol. The summed E-state index contributed by atoms with van der Waals surface area (Å²) in [6, 6.07) is 9.72. The summed E-state index contributed by atoms with van der Waals surface area (Å²) in [5.74, 6) is -0.476. The highest BCUT2D eigenvalue weighted by molar-refractivity contribution is 5.73. The van der Waals surface area contributed by atoms with Crippen LogP contribution in [0.15, 0.2) is 30.3 Å². The summed E-state index contributed by atoms with van der Waals surface area (Å²) in [6.07, 6.45) is 1.41. The summed E-state index contributed by atoms with van der Waals surface area (Å²) < 4.78 is 4.79. The second-order valence-corrected chi connectivity index (χ2v) is 3.89. The topological polar surface area (TPSA) is 52.3 Å². The van der Waals surface area contributed by atoms with Crippen molar-refractivity contribution in [2.75, 3.05) is 7.11 Å². The molecule has 0 aliphatic heterocycles. The van der Waals surface area contributed by atoms with Crippen LogP contribution in [0.25, 0.3) is 0 Å². The molecule has 88 valence electrons. The molecule has 0 radical (unpaired) electrons. The lowest BCUT2D eigenvalue weighted by Gasteiger charge is -2.20. The van der Waals surface area contributed by atoms with E-state index in [9.17, 15) is 4.79 Å². The number of hydrogen-bond acceptors (Lipinski definition) is 3. The molecule has 0 aliphatic rings. The predicted molar refractivity (Wildman–Crippen MR) is 63.9 cm³/mol. The molecule has 2 atom stereocenters. The van der Waals surface area contributed by atoms with Crippen molar-refractivity contribution in [2.24, 2.45) is 11.7 Å². The van der Waals surface area contributed by atoms with Gasteiger partial charge in [-0.2, -0.15) is 0 Å². The molecule has 0 saturated heterocycles. The monoisotopic (exact) mass is 221 g/mol. The molecule has 0 aromatic heterocycles. The van der Waals surface area contributed by atoms with E-state index in [1.54, 1.807) is 0 Å². The highest BCUT2D eigenvalue weighted by Crippen LogP contribution is 2.15. The minimum Gasteiger partial charge on any atom is -0.469 e. The Balaban J connectivity index is 2.75. The lowest BCUT2D eigenvalue weighted by molar-refractivity contribution is -0.146. The van der Waals surface area contributed by atoms with Crippen molar-refractivity contribution in [3.8, 4) is 0 Å². The van der Waals surface area contributed by atoms with Crippen LogP contribution in [0.5, 0.6) is 0 Å². The van der Waals surface area contributed by atoms with Crippen LogP contribution in [-0.4, -0.2) is 19.1 Å². The molecule has 0 saturated carbocycles. The van der Waals surface area contributed by atoms with E-state index >= 15 is 0 Å². The Labute approximate surface area is 96.6 Å². The van der Waals surface area contributed by atoms with Crippen LogP contribution < -0.4 is 5.73 Å². The predicted octanol–water partition coefficient (Wildman–Crippen LogP) is 1.76. The van der Waals surface area contributed by atoms with Crippen LogP contribution in [-0.2, 0) is 16.0 Å². The van der Waals surface area contributed by atoms with E-state index in [4.69, 9.17) is 10.5 Å². The zero-order valence-corrected chi connectivity index (χ0v) is 9.85. The molecule has 1 rings (SSSR count). The molecule has 3 nitrogen and oxygen atoms in total. The Morgan fingerprint density at radius 1 is 1.38 bits per heavy atom. The summed E-state index contributed by atoms with van der Waals surface area (Å²) in [6.45, 7) is 1.98. The van der Waals surface area contributed by atoms with Gasteiger partial charge in [0.05, 0.1) is 13.0 Å². The van der Waals surface area contributed by atoms with Crippen LogP contribution in [0, 0.1) is 5.92 Å². The van der Waals surface area contributed by atoms with E-state index in [-0.39, 0.29) is 17.9 Å². The van der Waals surface area contributed by atoms with Gasteiger partial charge in [0.1, 0.15) is 0 Å². The smallest absolute Gasteiger partial charge is 0.310 e. The molecule has 2 N–H and O–H groups in total. The normalized spacial score (nSPS) is 14.2. The average Bonchev–Trinajstić information content (AvgIpc) is 2.35. The van der Waals surface area contributed by atoms with Crippen molar-refractivity contribution in [3.63, 3.8) is 0 Å². The fraction of sp³-hybridized carbons (Fsp3) is 0.462. The van der Waals surface area contributed by atoms with Crippen LogP contribution >= 0.6 is 0 Å². The third kappa shape index (κ3) is 3.35.